The number of amides is 1. The average Bonchev–Trinajstić information content (AvgIpc) is 3.30. The minimum Gasteiger partial charge on any atom is -0.463 e. The van der Waals surface area contributed by atoms with E-state index in [1.165, 1.54) is 12.3 Å². The number of benzene rings is 1. The molecule has 1 fully saturated rings. The molecule has 1 aromatic carbocycles. The molecular formula is C21H22N4O4. The maximum atomic E-state index is 12.7. The minimum absolute atomic E-state index is 0.324. The number of nitrogens with zero attached hydrogens (tertiary/aromatic N) is 3. The van der Waals surface area contributed by atoms with Crippen LogP contribution in [0.15, 0.2) is 64.0 Å². The summed E-state index contributed by atoms with van der Waals surface area (Å²) in [6, 6.07) is 13.3. The Balaban J connectivity index is 1.47. The Morgan fingerprint density at radius 1 is 1.10 bits per heavy atom. The Labute approximate surface area is 167 Å². The van der Waals surface area contributed by atoms with E-state index in [2.05, 4.69) is 15.3 Å². The molecule has 150 valence electrons. The van der Waals surface area contributed by atoms with Crippen molar-refractivity contribution in [3.63, 3.8) is 0 Å². The molecule has 3 aromatic rings. The normalized spacial score (nSPS) is 15.1. The van der Waals surface area contributed by atoms with Crippen molar-refractivity contribution in [1.82, 2.24) is 9.78 Å². The highest BCUT2D eigenvalue weighted by Gasteiger charge is 2.19. The van der Waals surface area contributed by atoms with Gasteiger partial charge in [0.05, 0.1) is 19.5 Å². The van der Waals surface area contributed by atoms with Crippen LogP contribution in [0.2, 0.25) is 0 Å². The molecule has 0 bridgehead atoms. The Hall–Kier alpha value is -3.39. The maximum Gasteiger partial charge on any atom is 0.267 e. The zero-order valence-corrected chi connectivity index (χ0v) is 16.1. The highest BCUT2D eigenvalue weighted by atomic mass is 16.5. The van der Waals surface area contributed by atoms with Crippen LogP contribution in [0.5, 0.6) is 0 Å². The van der Waals surface area contributed by atoms with Crippen LogP contribution in [0.3, 0.4) is 0 Å². The van der Waals surface area contributed by atoms with Crippen molar-refractivity contribution in [2.45, 2.75) is 13.0 Å². The smallest absolute Gasteiger partial charge is 0.267 e. The first kappa shape index (κ1) is 18.9. The molecule has 1 aliphatic heterocycles. The van der Waals surface area contributed by atoms with Gasteiger partial charge in [0.15, 0.2) is 5.76 Å². The number of ether oxygens (including phenoxy) is 1. The Kier molecular flexibility index (Phi) is 5.44. The number of carbonyl (C=O) groups excluding carboxylic acids is 1. The summed E-state index contributed by atoms with van der Waals surface area (Å²) in [5, 5.41) is 7.13. The average molecular weight is 394 g/mol. The van der Waals surface area contributed by atoms with Crippen LogP contribution in [0, 0.1) is 0 Å². The zero-order valence-electron chi connectivity index (χ0n) is 16.1. The number of hydrogen-bond donors (Lipinski definition) is 1. The van der Waals surface area contributed by atoms with E-state index in [-0.39, 0.29) is 11.5 Å². The number of hydrogen-bond acceptors (Lipinski definition) is 6. The van der Waals surface area contributed by atoms with Gasteiger partial charge >= 0.3 is 0 Å². The van der Waals surface area contributed by atoms with Gasteiger partial charge in [-0.1, -0.05) is 0 Å². The molecule has 0 unspecified atom stereocenters. The molecule has 1 N–H and O–H groups in total. The van der Waals surface area contributed by atoms with E-state index in [4.69, 9.17) is 9.15 Å². The summed E-state index contributed by atoms with van der Waals surface area (Å²) in [6.07, 6.45) is 1.53. The predicted molar refractivity (Wildman–Crippen MR) is 109 cm³/mol. The largest absolute Gasteiger partial charge is 0.463 e. The van der Waals surface area contributed by atoms with Gasteiger partial charge in [-0.2, -0.15) is 5.10 Å². The number of nitrogens with one attached hydrogen (secondary N) is 1. The highest BCUT2D eigenvalue weighted by Crippen LogP contribution is 2.20. The van der Waals surface area contributed by atoms with Gasteiger partial charge in [-0.25, -0.2) is 4.68 Å². The van der Waals surface area contributed by atoms with E-state index in [0.29, 0.717) is 17.1 Å². The summed E-state index contributed by atoms with van der Waals surface area (Å²) in [4.78, 5) is 27.2. The third-order valence-corrected chi connectivity index (χ3v) is 4.86. The molecule has 8 heteroatoms. The van der Waals surface area contributed by atoms with Gasteiger partial charge in [-0.3, -0.25) is 9.59 Å². The third-order valence-electron chi connectivity index (χ3n) is 4.86. The Morgan fingerprint density at radius 3 is 2.55 bits per heavy atom. The van der Waals surface area contributed by atoms with Crippen LogP contribution in [0.4, 0.5) is 11.4 Å². The highest BCUT2D eigenvalue weighted by molar-refractivity contribution is 5.93. The maximum absolute atomic E-state index is 12.7. The molecule has 1 amide bonds. The van der Waals surface area contributed by atoms with Gasteiger partial charge in [0, 0.05) is 30.5 Å². The Bertz CT molecular complexity index is 1020. The van der Waals surface area contributed by atoms with Crippen molar-refractivity contribution in [3.8, 4) is 11.5 Å². The molecule has 29 heavy (non-hydrogen) atoms. The van der Waals surface area contributed by atoms with Crippen molar-refractivity contribution in [1.29, 1.82) is 0 Å². The van der Waals surface area contributed by atoms with Crippen LogP contribution >= 0.6 is 0 Å². The molecule has 0 aliphatic carbocycles. The first-order chi connectivity index (χ1) is 14.1. The zero-order chi connectivity index (χ0) is 20.2. The van der Waals surface area contributed by atoms with Gasteiger partial charge in [0.25, 0.3) is 5.56 Å². The molecule has 2 aromatic heterocycles. The molecular weight excluding hydrogens is 372 g/mol. The molecule has 4 rings (SSSR count). The SMILES string of the molecule is C[C@@H](C(=O)Nc1ccc(N2CCOCC2)cc1)n1nc(-c2ccco2)ccc1=O. The number of furan rings is 1. The van der Waals surface area contributed by atoms with E-state index in [9.17, 15) is 9.59 Å². The summed E-state index contributed by atoms with van der Waals surface area (Å²) in [6.45, 7) is 4.77. The first-order valence-corrected chi connectivity index (χ1v) is 9.49. The number of anilines is 2. The lowest BCUT2D eigenvalue weighted by Gasteiger charge is -2.29. The molecule has 1 saturated heterocycles. The van der Waals surface area contributed by atoms with E-state index in [0.717, 1.165) is 36.7 Å². The first-order valence-electron chi connectivity index (χ1n) is 9.49. The fraction of sp³-hybridized carbons (Fsp3) is 0.286. The second kappa shape index (κ2) is 8.32. The van der Waals surface area contributed by atoms with Gasteiger partial charge in [0.2, 0.25) is 5.91 Å². The van der Waals surface area contributed by atoms with Crippen molar-refractivity contribution in [2.24, 2.45) is 0 Å². The molecule has 3 heterocycles. The summed E-state index contributed by atoms with van der Waals surface area (Å²) >= 11 is 0. The van der Waals surface area contributed by atoms with Crippen LogP contribution < -0.4 is 15.8 Å². The van der Waals surface area contributed by atoms with Crippen LogP contribution in [0.1, 0.15) is 13.0 Å². The Morgan fingerprint density at radius 2 is 1.86 bits per heavy atom. The van der Waals surface area contributed by atoms with E-state index >= 15 is 0 Å². The van der Waals surface area contributed by atoms with Gasteiger partial charge in [0.1, 0.15) is 11.7 Å². The standard InChI is InChI=1S/C21H22N4O4/c1-15(25-20(26)9-8-18(23-25)19-3-2-12-29-19)21(27)22-16-4-6-17(7-5-16)24-10-13-28-14-11-24/h2-9,12,15H,10-11,13-14H2,1H3,(H,22,27)/t15-/m0/s1. The second-order valence-corrected chi connectivity index (χ2v) is 6.79. The van der Waals surface area contributed by atoms with Gasteiger partial charge in [-0.15, -0.1) is 0 Å². The van der Waals surface area contributed by atoms with E-state index < -0.39 is 6.04 Å². The topological polar surface area (TPSA) is 89.6 Å². The molecule has 1 aliphatic rings. The lowest BCUT2D eigenvalue weighted by atomic mass is 10.2. The summed E-state index contributed by atoms with van der Waals surface area (Å²) in [5.74, 6) is 0.209. The van der Waals surface area contributed by atoms with Crippen molar-refractivity contribution in [3.05, 3.63) is 65.1 Å². The number of rotatable bonds is 5. The number of aromatic nitrogens is 2. The quantitative estimate of drug-likeness (QED) is 0.715. The van der Waals surface area contributed by atoms with Crippen LogP contribution in [-0.2, 0) is 9.53 Å². The number of carbonyl (C=O) groups is 1. The van der Waals surface area contributed by atoms with Gasteiger partial charge in [-0.05, 0) is 49.4 Å². The van der Waals surface area contributed by atoms with Crippen LogP contribution in [-0.4, -0.2) is 42.0 Å². The monoisotopic (exact) mass is 394 g/mol. The molecule has 8 nitrogen and oxygen atoms in total. The molecule has 1 atom stereocenters. The summed E-state index contributed by atoms with van der Waals surface area (Å²) < 4.78 is 11.9. The van der Waals surface area contributed by atoms with E-state index in [1.54, 1.807) is 25.1 Å². The predicted octanol–water partition coefficient (Wildman–Crippen LogP) is 2.54. The lowest BCUT2D eigenvalue weighted by molar-refractivity contribution is -0.119. The fourth-order valence-corrected chi connectivity index (χ4v) is 3.19. The molecule has 0 radical (unpaired) electrons. The summed E-state index contributed by atoms with van der Waals surface area (Å²) in [5.41, 5.74) is 1.88. The molecule has 0 spiro atoms. The number of morpholine rings is 1. The van der Waals surface area contributed by atoms with Crippen molar-refractivity contribution < 1.29 is 13.9 Å². The van der Waals surface area contributed by atoms with E-state index in [1.807, 2.05) is 24.3 Å². The second-order valence-electron chi connectivity index (χ2n) is 6.79. The third kappa shape index (κ3) is 4.22. The van der Waals surface area contributed by atoms with Crippen LogP contribution in [0.25, 0.3) is 11.5 Å². The molecule has 0 saturated carbocycles. The minimum atomic E-state index is -0.781. The fourth-order valence-electron chi connectivity index (χ4n) is 3.19. The van der Waals surface area contributed by atoms with Gasteiger partial charge < -0.3 is 19.4 Å². The summed E-state index contributed by atoms with van der Waals surface area (Å²) in [7, 11) is 0. The lowest BCUT2D eigenvalue weighted by Crippen LogP contribution is -2.36. The van der Waals surface area contributed by atoms with Crippen molar-refractivity contribution in [2.75, 3.05) is 36.5 Å². The van der Waals surface area contributed by atoms with Crippen molar-refractivity contribution >= 4 is 17.3 Å².